The number of benzene rings is 2. The first-order chi connectivity index (χ1) is 19.3. The monoisotopic (exact) mass is 554 g/mol. The third kappa shape index (κ3) is 6.00. The molecule has 1 fully saturated rings. The summed E-state index contributed by atoms with van der Waals surface area (Å²) in [5, 5.41) is 20.0. The molecule has 2 heterocycles. The highest BCUT2D eigenvalue weighted by Crippen LogP contribution is 2.48. The number of nitrogens with zero attached hydrogens (tertiary/aromatic N) is 2. The molecule has 0 amide bonds. The zero-order valence-corrected chi connectivity index (χ0v) is 23.0. The van der Waals surface area contributed by atoms with Crippen molar-refractivity contribution < 1.29 is 17.9 Å². The molecule has 2 aromatic heterocycles. The zero-order chi connectivity index (χ0) is 28.3. The minimum Gasteiger partial charge on any atom is -0.507 e. The lowest BCUT2D eigenvalue weighted by molar-refractivity contribution is 0.379. The van der Waals surface area contributed by atoms with E-state index in [1.165, 1.54) is 18.3 Å². The molecule has 40 heavy (non-hydrogen) atoms. The number of hydrogen-bond donors (Lipinski definition) is 1. The summed E-state index contributed by atoms with van der Waals surface area (Å²) in [5.41, 5.74) is 2.37. The lowest BCUT2D eigenvalue weighted by Gasteiger charge is -2.20. The van der Waals surface area contributed by atoms with Crippen molar-refractivity contribution in [1.29, 1.82) is 5.26 Å². The predicted molar refractivity (Wildman–Crippen MR) is 151 cm³/mol. The molecule has 1 N–H and O–H groups in total. The fourth-order valence-electron chi connectivity index (χ4n) is 5.24. The second-order valence-electron chi connectivity index (χ2n) is 10.3. The highest BCUT2D eigenvalue weighted by molar-refractivity contribution is 7.90. The summed E-state index contributed by atoms with van der Waals surface area (Å²) in [7, 11) is -3.76. The number of pyridine rings is 1. The van der Waals surface area contributed by atoms with Crippen molar-refractivity contribution in [3.05, 3.63) is 123 Å². The molecule has 7 nitrogen and oxygen atoms in total. The molecule has 204 valence electrons. The third-order valence-electron chi connectivity index (χ3n) is 7.46. The summed E-state index contributed by atoms with van der Waals surface area (Å²) in [5.74, 6) is -0.225. The summed E-state index contributed by atoms with van der Waals surface area (Å²) < 4.78 is 31.9. The molecule has 0 saturated heterocycles. The van der Waals surface area contributed by atoms with E-state index in [0.29, 0.717) is 17.7 Å². The van der Waals surface area contributed by atoms with E-state index in [0.717, 1.165) is 30.4 Å². The fraction of sp³-hybridized carbons (Fsp3) is 0.281. The molecule has 0 bridgehead atoms. The second-order valence-corrected chi connectivity index (χ2v) is 12.3. The molecular formula is C32H30N2O5S. The van der Waals surface area contributed by atoms with Gasteiger partial charge in [-0.3, -0.25) is 0 Å². The maximum absolute atomic E-state index is 13.4. The Bertz CT molecular complexity index is 1700. The van der Waals surface area contributed by atoms with Crippen molar-refractivity contribution in [2.45, 2.75) is 55.2 Å². The number of sulfone groups is 1. The molecule has 8 heteroatoms. The minimum atomic E-state index is -3.76. The standard InChI is InChI=1S/C32H30N2O5S/c1-2-24(15-21-7-4-3-5-8-21)28-17-27(35)31(32(36)39-28)30(25-12-13-25)26-10-6-9-22(16-26)20-40(37,38)29-14-11-23(18-33)19-34-29/h3-11,14,16-17,19,24-25,30,35H,2,12-13,15,20H2,1H3. The number of aromatic hydroxyl groups is 1. The highest BCUT2D eigenvalue weighted by Gasteiger charge is 2.38. The number of hydrogen-bond acceptors (Lipinski definition) is 7. The van der Waals surface area contributed by atoms with Gasteiger partial charge in [-0.2, -0.15) is 5.26 Å². The van der Waals surface area contributed by atoms with Crippen LogP contribution in [-0.4, -0.2) is 18.5 Å². The van der Waals surface area contributed by atoms with Crippen LogP contribution in [0, 0.1) is 17.2 Å². The van der Waals surface area contributed by atoms with Crippen LogP contribution in [0.5, 0.6) is 5.75 Å². The van der Waals surface area contributed by atoms with Crippen LogP contribution >= 0.6 is 0 Å². The molecule has 1 aliphatic carbocycles. The van der Waals surface area contributed by atoms with Crippen LogP contribution in [0.15, 0.2) is 93.2 Å². The van der Waals surface area contributed by atoms with Gasteiger partial charge in [0.2, 0.25) is 0 Å². The summed E-state index contributed by atoms with van der Waals surface area (Å²) in [6.07, 6.45) is 4.47. The van der Waals surface area contributed by atoms with Gasteiger partial charge in [0.25, 0.3) is 0 Å². The molecule has 0 aliphatic heterocycles. The van der Waals surface area contributed by atoms with Gasteiger partial charge >= 0.3 is 5.63 Å². The zero-order valence-electron chi connectivity index (χ0n) is 22.2. The average molecular weight is 555 g/mol. The largest absolute Gasteiger partial charge is 0.507 e. The van der Waals surface area contributed by atoms with E-state index in [2.05, 4.69) is 4.98 Å². The molecular weight excluding hydrogens is 524 g/mol. The SMILES string of the molecule is CCC(Cc1ccccc1)c1cc(O)c(C(c2cccc(CS(=O)(=O)c3ccc(C#N)cn3)c2)C2CC2)c(=O)o1. The molecule has 2 aromatic carbocycles. The van der Waals surface area contributed by atoms with Gasteiger partial charge in [-0.1, -0.05) is 61.5 Å². The van der Waals surface area contributed by atoms with Crippen LogP contribution in [0.2, 0.25) is 0 Å². The van der Waals surface area contributed by atoms with Crippen molar-refractivity contribution in [1.82, 2.24) is 4.98 Å². The number of aromatic nitrogens is 1. The van der Waals surface area contributed by atoms with Gasteiger partial charge in [-0.25, -0.2) is 18.2 Å². The Morgan fingerprint density at radius 3 is 2.42 bits per heavy atom. The Kier molecular flexibility index (Phi) is 7.85. The van der Waals surface area contributed by atoms with Gasteiger partial charge in [0.05, 0.1) is 16.9 Å². The molecule has 5 rings (SSSR count). The fourth-order valence-corrected chi connectivity index (χ4v) is 6.50. The van der Waals surface area contributed by atoms with Gasteiger partial charge in [0.1, 0.15) is 17.6 Å². The van der Waals surface area contributed by atoms with Gasteiger partial charge in [-0.05, 0) is 60.4 Å². The highest BCUT2D eigenvalue weighted by atomic mass is 32.2. The Morgan fingerprint density at radius 2 is 1.80 bits per heavy atom. The Hall–Kier alpha value is -4.22. The van der Waals surface area contributed by atoms with Crippen LogP contribution in [0.3, 0.4) is 0 Å². The summed E-state index contributed by atoms with van der Waals surface area (Å²) >= 11 is 0. The maximum atomic E-state index is 13.4. The van der Waals surface area contributed by atoms with Crippen molar-refractivity contribution in [2.75, 3.05) is 0 Å². The first-order valence-electron chi connectivity index (χ1n) is 13.4. The van der Waals surface area contributed by atoms with Gasteiger partial charge in [0, 0.05) is 24.1 Å². The van der Waals surface area contributed by atoms with Gasteiger partial charge < -0.3 is 9.52 Å². The number of nitriles is 1. The smallest absolute Gasteiger partial charge is 0.343 e. The van der Waals surface area contributed by atoms with Crippen LogP contribution < -0.4 is 5.63 Å². The molecule has 1 saturated carbocycles. The summed E-state index contributed by atoms with van der Waals surface area (Å²) in [6, 6.07) is 23.3. The molecule has 1 aliphatic rings. The maximum Gasteiger partial charge on any atom is 0.343 e. The van der Waals surface area contributed by atoms with E-state index in [1.54, 1.807) is 24.3 Å². The van der Waals surface area contributed by atoms with Crippen LogP contribution in [-0.2, 0) is 22.0 Å². The lowest BCUT2D eigenvalue weighted by Crippen LogP contribution is -2.18. The van der Waals surface area contributed by atoms with E-state index < -0.39 is 21.4 Å². The van der Waals surface area contributed by atoms with Crippen LogP contribution in [0.25, 0.3) is 0 Å². The van der Waals surface area contributed by atoms with E-state index in [-0.39, 0.29) is 39.5 Å². The van der Waals surface area contributed by atoms with Gasteiger partial charge in [0.15, 0.2) is 14.9 Å². The van der Waals surface area contributed by atoms with E-state index in [9.17, 15) is 18.3 Å². The second kappa shape index (κ2) is 11.5. The molecule has 4 aromatic rings. The van der Waals surface area contributed by atoms with Crippen LogP contribution in [0.4, 0.5) is 0 Å². The van der Waals surface area contributed by atoms with Crippen molar-refractivity contribution in [3.8, 4) is 11.8 Å². The molecule has 2 atom stereocenters. The minimum absolute atomic E-state index is 0.0567. The van der Waals surface area contributed by atoms with Gasteiger partial charge in [-0.15, -0.1) is 0 Å². The first kappa shape index (κ1) is 27.4. The third-order valence-corrected chi connectivity index (χ3v) is 9.05. The van der Waals surface area contributed by atoms with Crippen molar-refractivity contribution in [3.63, 3.8) is 0 Å². The molecule has 2 unspecified atom stereocenters. The van der Waals surface area contributed by atoms with Crippen molar-refractivity contribution >= 4 is 9.84 Å². The average Bonchev–Trinajstić information content (AvgIpc) is 3.79. The van der Waals surface area contributed by atoms with E-state index in [1.807, 2.05) is 49.4 Å². The Balaban J connectivity index is 1.44. The molecule has 0 spiro atoms. The normalized spacial score (nSPS) is 14.8. The van der Waals surface area contributed by atoms with E-state index in [4.69, 9.17) is 9.68 Å². The lowest BCUT2D eigenvalue weighted by atomic mass is 9.86. The topological polar surface area (TPSA) is 121 Å². The first-order valence-corrected chi connectivity index (χ1v) is 15.0. The predicted octanol–water partition coefficient (Wildman–Crippen LogP) is 5.86. The van der Waals surface area contributed by atoms with Crippen LogP contribution in [0.1, 0.15) is 71.6 Å². The Labute approximate surface area is 233 Å². The summed E-state index contributed by atoms with van der Waals surface area (Å²) in [6.45, 7) is 2.03. The van der Waals surface area contributed by atoms with Crippen molar-refractivity contribution in [2.24, 2.45) is 5.92 Å². The quantitative estimate of drug-likeness (QED) is 0.260. The Morgan fingerprint density at radius 1 is 1.05 bits per heavy atom. The summed E-state index contributed by atoms with van der Waals surface area (Å²) in [4.78, 5) is 17.3. The number of rotatable bonds is 10. The molecule has 0 radical (unpaired) electrons. The van der Waals surface area contributed by atoms with E-state index >= 15 is 0 Å².